The standard InChI is InChI=1S/C21H17N3O4/c1-27-18-8-4-17(5-9-18)21(26)28-19-6-2-15(3-7-19)14-23-24-20(25)16-10-12-22-13-11-16/h2-14H,1H3,(H,24,25)/b23-14+. The highest BCUT2D eigenvalue weighted by molar-refractivity contribution is 5.94. The second-order valence-corrected chi connectivity index (χ2v) is 5.62. The number of amides is 1. The number of aromatic nitrogens is 1. The van der Waals surface area contributed by atoms with Crippen LogP contribution < -0.4 is 14.9 Å². The average molecular weight is 375 g/mol. The van der Waals surface area contributed by atoms with Gasteiger partial charge in [-0.15, -0.1) is 0 Å². The minimum Gasteiger partial charge on any atom is -0.497 e. The van der Waals surface area contributed by atoms with Crippen molar-refractivity contribution in [3.63, 3.8) is 0 Å². The van der Waals surface area contributed by atoms with Crippen molar-refractivity contribution in [2.45, 2.75) is 0 Å². The van der Waals surface area contributed by atoms with Crippen LogP contribution in [-0.2, 0) is 0 Å². The molecule has 0 fully saturated rings. The molecule has 0 bridgehead atoms. The molecule has 28 heavy (non-hydrogen) atoms. The smallest absolute Gasteiger partial charge is 0.343 e. The first kappa shape index (κ1) is 18.8. The van der Waals surface area contributed by atoms with Crippen molar-refractivity contribution in [3.05, 3.63) is 89.7 Å². The highest BCUT2D eigenvalue weighted by atomic mass is 16.5. The molecular formula is C21H17N3O4. The Hall–Kier alpha value is -4.00. The van der Waals surface area contributed by atoms with Crippen LogP contribution in [0.5, 0.6) is 11.5 Å². The van der Waals surface area contributed by atoms with Gasteiger partial charge in [-0.3, -0.25) is 9.78 Å². The zero-order chi connectivity index (χ0) is 19.8. The summed E-state index contributed by atoms with van der Waals surface area (Å²) in [6.45, 7) is 0. The summed E-state index contributed by atoms with van der Waals surface area (Å²) in [6.07, 6.45) is 4.56. The van der Waals surface area contributed by atoms with Gasteiger partial charge in [0.25, 0.3) is 5.91 Å². The van der Waals surface area contributed by atoms with Gasteiger partial charge in [0.05, 0.1) is 18.9 Å². The molecule has 0 spiro atoms. The second kappa shape index (κ2) is 9.09. The van der Waals surface area contributed by atoms with Crippen molar-refractivity contribution in [3.8, 4) is 11.5 Å². The fraction of sp³-hybridized carbons (Fsp3) is 0.0476. The topological polar surface area (TPSA) is 89.9 Å². The van der Waals surface area contributed by atoms with Gasteiger partial charge < -0.3 is 9.47 Å². The number of pyridine rings is 1. The number of hydrazone groups is 1. The third-order valence-electron chi connectivity index (χ3n) is 3.74. The van der Waals surface area contributed by atoms with Crippen LogP contribution in [0.1, 0.15) is 26.3 Å². The molecule has 2 aromatic carbocycles. The van der Waals surface area contributed by atoms with Crippen LogP contribution in [0.25, 0.3) is 0 Å². The molecule has 0 saturated heterocycles. The van der Waals surface area contributed by atoms with E-state index in [-0.39, 0.29) is 5.91 Å². The van der Waals surface area contributed by atoms with Crippen LogP contribution in [-0.4, -0.2) is 30.2 Å². The van der Waals surface area contributed by atoms with Gasteiger partial charge >= 0.3 is 5.97 Å². The Kier molecular flexibility index (Phi) is 6.10. The molecule has 1 N–H and O–H groups in total. The lowest BCUT2D eigenvalue weighted by molar-refractivity contribution is 0.0734. The van der Waals surface area contributed by atoms with E-state index in [9.17, 15) is 9.59 Å². The Morgan fingerprint density at radius 3 is 2.18 bits per heavy atom. The SMILES string of the molecule is COc1ccc(C(=O)Oc2ccc(/C=N/NC(=O)c3ccncc3)cc2)cc1. The number of nitrogens with zero attached hydrogens (tertiary/aromatic N) is 2. The summed E-state index contributed by atoms with van der Waals surface area (Å²) in [5.74, 6) is 0.271. The van der Waals surface area contributed by atoms with Crippen LogP contribution in [0, 0.1) is 0 Å². The van der Waals surface area contributed by atoms with Crippen molar-refractivity contribution < 1.29 is 19.1 Å². The number of methoxy groups -OCH3 is 1. The van der Waals surface area contributed by atoms with E-state index in [4.69, 9.17) is 9.47 Å². The van der Waals surface area contributed by atoms with E-state index in [1.807, 2.05) is 0 Å². The van der Waals surface area contributed by atoms with Crippen molar-refractivity contribution in [2.75, 3.05) is 7.11 Å². The molecule has 0 atom stereocenters. The fourth-order valence-electron chi connectivity index (χ4n) is 2.25. The molecule has 7 nitrogen and oxygen atoms in total. The monoisotopic (exact) mass is 375 g/mol. The predicted octanol–water partition coefficient (Wildman–Crippen LogP) is 3.07. The maximum absolute atomic E-state index is 12.1. The highest BCUT2D eigenvalue weighted by Crippen LogP contribution is 2.16. The van der Waals surface area contributed by atoms with E-state index < -0.39 is 5.97 Å². The molecule has 1 amide bonds. The maximum atomic E-state index is 12.1. The first-order chi connectivity index (χ1) is 13.7. The molecule has 0 aliphatic carbocycles. The summed E-state index contributed by atoms with van der Waals surface area (Å²) in [4.78, 5) is 27.9. The third-order valence-corrected chi connectivity index (χ3v) is 3.74. The summed E-state index contributed by atoms with van der Waals surface area (Å²) in [5, 5.41) is 3.91. The lowest BCUT2D eigenvalue weighted by atomic mass is 10.2. The maximum Gasteiger partial charge on any atom is 0.343 e. The molecule has 0 unspecified atom stereocenters. The van der Waals surface area contributed by atoms with Crippen LogP contribution in [0.3, 0.4) is 0 Å². The number of esters is 1. The molecule has 1 aromatic heterocycles. The first-order valence-electron chi connectivity index (χ1n) is 8.35. The van der Waals surface area contributed by atoms with E-state index in [2.05, 4.69) is 15.5 Å². The van der Waals surface area contributed by atoms with Crippen molar-refractivity contribution in [1.82, 2.24) is 10.4 Å². The van der Waals surface area contributed by atoms with Gasteiger partial charge in [-0.25, -0.2) is 10.2 Å². The quantitative estimate of drug-likeness (QED) is 0.309. The summed E-state index contributed by atoms with van der Waals surface area (Å²) in [6, 6.07) is 16.6. The van der Waals surface area contributed by atoms with E-state index in [0.717, 1.165) is 5.56 Å². The minimum atomic E-state index is -0.464. The molecule has 0 aliphatic heterocycles. The number of hydrogen-bond acceptors (Lipinski definition) is 6. The number of ether oxygens (including phenoxy) is 2. The fourth-order valence-corrected chi connectivity index (χ4v) is 2.25. The van der Waals surface area contributed by atoms with Crippen LogP contribution in [0.15, 0.2) is 78.2 Å². The Morgan fingerprint density at radius 1 is 0.893 bits per heavy atom. The Balaban J connectivity index is 1.55. The summed E-state index contributed by atoms with van der Waals surface area (Å²) < 4.78 is 10.4. The molecule has 140 valence electrons. The van der Waals surface area contributed by atoms with E-state index >= 15 is 0 Å². The van der Waals surface area contributed by atoms with Gasteiger partial charge in [-0.05, 0) is 66.2 Å². The predicted molar refractivity (Wildman–Crippen MR) is 104 cm³/mol. The van der Waals surface area contributed by atoms with E-state index in [1.54, 1.807) is 67.8 Å². The van der Waals surface area contributed by atoms with Crippen LogP contribution >= 0.6 is 0 Å². The lowest BCUT2D eigenvalue weighted by Gasteiger charge is -2.05. The van der Waals surface area contributed by atoms with Gasteiger partial charge in [0.2, 0.25) is 0 Å². The molecule has 7 heteroatoms. The van der Waals surface area contributed by atoms with Gasteiger partial charge in [0, 0.05) is 18.0 Å². The van der Waals surface area contributed by atoms with Gasteiger partial charge in [-0.1, -0.05) is 0 Å². The number of rotatable bonds is 6. The molecule has 3 rings (SSSR count). The van der Waals surface area contributed by atoms with Crippen molar-refractivity contribution in [1.29, 1.82) is 0 Å². The number of carbonyl (C=O) groups excluding carboxylic acids is 2. The zero-order valence-electron chi connectivity index (χ0n) is 15.0. The molecule has 0 radical (unpaired) electrons. The Morgan fingerprint density at radius 2 is 1.54 bits per heavy atom. The third kappa shape index (κ3) is 5.01. The number of carbonyl (C=O) groups is 2. The van der Waals surface area contributed by atoms with Gasteiger partial charge in [0.15, 0.2) is 0 Å². The highest BCUT2D eigenvalue weighted by Gasteiger charge is 2.08. The van der Waals surface area contributed by atoms with Gasteiger partial charge in [0.1, 0.15) is 11.5 Å². The molecule has 1 heterocycles. The summed E-state index contributed by atoms with van der Waals surface area (Å²) in [5.41, 5.74) is 4.05. The average Bonchev–Trinajstić information content (AvgIpc) is 2.75. The zero-order valence-corrected chi connectivity index (χ0v) is 15.0. The van der Waals surface area contributed by atoms with Crippen LogP contribution in [0.4, 0.5) is 0 Å². The molecule has 3 aromatic rings. The normalized spacial score (nSPS) is 10.5. The Labute approximate surface area is 161 Å². The van der Waals surface area contributed by atoms with E-state index in [0.29, 0.717) is 22.6 Å². The second-order valence-electron chi connectivity index (χ2n) is 5.62. The molecule has 0 aliphatic rings. The van der Waals surface area contributed by atoms with Crippen LogP contribution in [0.2, 0.25) is 0 Å². The first-order valence-corrected chi connectivity index (χ1v) is 8.35. The Bertz CT molecular complexity index is 969. The largest absolute Gasteiger partial charge is 0.497 e. The molecular weight excluding hydrogens is 358 g/mol. The van der Waals surface area contributed by atoms with Crippen molar-refractivity contribution in [2.24, 2.45) is 5.10 Å². The summed E-state index contributed by atoms with van der Waals surface area (Å²) >= 11 is 0. The number of nitrogens with one attached hydrogen (secondary N) is 1. The number of hydrogen-bond donors (Lipinski definition) is 1. The lowest BCUT2D eigenvalue weighted by Crippen LogP contribution is -2.17. The molecule has 0 saturated carbocycles. The summed E-state index contributed by atoms with van der Waals surface area (Å²) in [7, 11) is 1.56. The van der Waals surface area contributed by atoms with Gasteiger partial charge in [-0.2, -0.15) is 5.10 Å². The number of benzene rings is 2. The van der Waals surface area contributed by atoms with Crippen molar-refractivity contribution >= 4 is 18.1 Å². The minimum absolute atomic E-state index is 0.330. The van der Waals surface area contributed by atoms with E-state index in [1.165, 1.54) is 18.6 Å².